The van der Waals surface area contributed by atoms with Gasteiger partial charge in [-0.25, -0.2) is 4.68 Å². The summed E-state index contributed by atoms with van der Waals surface area (Å²) in [4.78, 5) is 12.9. The maximum atomic E-state index is 12.9. The molecule has 0 saturated carbocycles. The third kappa shape index (κ3) is 3.96. The molecule has 4 rings (SSSR count). The van der Waals surface area contributed by atoms with E-state index >= 15 is 0 Å². The molecule has 0 saturated heterocycles. The van der Waals surface area contributed by atoms with Gasteiger partial charge in [-0.1, -0.05) is 47.6 Å². The molecule has 0 aliphatic rings. The molecule has 31 heavy (non-hydrogen) atoms. The minimum Gasteiger partial charge on any atom is -0.490 e. The summed E-state index contributed by atoms with van der Waals surface area (Å²) in [7, 11) is 0. The summed E-state index contributed by atoms with van der Waals surface area (Å²) in [6.45, 7) is 7.74. The van der Waals surface area contributed by atoms with Crippen LogP contribution in [0.4, 0.5) is 0 Å². The van der Waals surface area contributed by atoms with Crippen LogP contribution in [0.25, 0.3) is 22.2 Å². The number of hydrogen-bond acceptors (Lipinski definition) is 6. The van der Waals surface area contributed by atoms with Gasteiger partial charge in [0.2, 0.25) is 0 Å². The van der Waals surface area contributed by atoms with Crippen LogP contribution in [0.2, 0.25) is 0 Å². The van der Waals surface area contributed by atoms with E-state index in [0.717, 1.165) is 28.0 Å². The van der Waals surface area contributed by atoms with Crippen molar-refractivity contribution < 1.29 is 14.4 Å². The van der Waals surface area contributed by atoms with Gasteiger partial charge in [-0.3, -0.25) is 4.79 Å². The van der Waals surface area contributed by atoms with Gasteiger partial charge in [-0.05, 0) is 44.4 Å². The normalized spacial score (nSPS) is 12.3. The first-order valence-electron chi connectivity index (χ1n) is 10.2. The number of nitrogens with zero attached hydrogens (tertiary/aromatic N) is 3. The number of aliphatic hydroxyl groups excluding tert-OH is 1. The summed E-state index contributed by atoms with van der Waals surface area (Å²) < 4.78 is 12.4. The van der Waals surface area contributed by atoms with Crippen LogP contribution in [0.1, 0.15) is 22.5 Å². The number of benzene rings is 2. The first-order valence-corrected chi connectivity index (χ1v) is 10.2. The van der Waals surface area contributed by atoms with Crippen LogP contribution in [0.15, 0.2) is 51.8 Å². The van der Waals surface area contributed by atoms with Gasteiger partial charge < -0.3 is 14.4 Å². The molecule has 2 aromatic carbocycles. The van der Waals surface area contributed by atoms with E-state index in [1.807, 2.05) is 63.2 Å². The summed E-state index contributed by atoms with van der Waals surface area (Å²) >= 11 is 0. The van der Waals surface area contributed by atoms with Gasteiger partial charge in [0, 0.05) is 5.56 Å². The van der Waals surface area contributed by atoms with Crippen LogP contribution in [-0.2, 0) is 6.54 Å². The van der Waals surface area contributed by atoms with Gasteiger partial charge in [-0.2, -0.15) is 5.10 Å². The lowest BCUT2D eigenvalue weighted by atomic mass is 10.1. The first-order chi connectivity index (χ1) is 14.9. The van der Waals surface area contributed by atoms with Crippen molar-refractivity contribution in [3.8, 4) is 17.0 Å². The van der Waals surface area contributed by atoms with Crippen LogP contribution < -0.4 is 10.3 Å². The first kappa shape index (κ1) is 20.8. The number of rotatable bonds is 6. The van der Waals surface area contributed by atoms with Gasteiger partial charge in [-0.15, -0.1) is 0 Å². The highest BCUT2D eigenvalue weighted by Gasteiger charge is 2.20. The monoisotopic (exact) mass is 419 g/mol. The van der Waals surface area contributed by atoms with Crippen LogP contribution >= 0.6 is 0 Å². The highest BCUT2D eigenvalue weighted by Crippen LogP contribution is 2.27. The molecule has 0 spiro atoms. The Balaban J connectivity index is 1.64. The molecule has 2 aromatic heterocycles. The molecule has 7 nitrogen and oxygen atoms in total. The smallest absolute Gasteiger partial charge is 0.296 e. The molecule has 0 fully saturated rings. The third-order valence-corrected chi connectivity index (χ3v) is 5.48. The fraction of sp³-hybridized carbons (Fsp3) is 0.292. The zero-order valence-electron chi connectivity index (χ0n) is 18.0. The summed E-state index contributed by atoms with van der Waals surface area (Å²) in [5, 5.41) is 19.7. The van der Waals surface area contributed by atoms with Crippen LogP contribution in [0.5, 0.6) is 5.75 Å². The molecule has 0 amide bonds. The molecule has 160 valence electrons. The molecular weight excluding hydrogens is 394 g/mol. The lowest BCUT2D eigenvalue weighted by Gasteiger charge is -2.17. The van der Waals surface area contributed by atoms with Crippen molar-refractivity contribution in [1.29, 1.82) is 0 Å². The predicted octanol–water partition coefficient (Wildman–Crippen LogP) is 3.73. The van der Waals surface area contributed by atoms with Crippen molar-refractivity contribution in [2.24, 2.45) is 0 Å². The van der Waals surface area contributed by atoms with Gasteiger partial charge in [0.25, 0.3) is 5.56 Å². The molecule has 0 aliphatic carbocycles. The zero-order chi connectivity index (χ0) is 22.1. The number of aryl methyl sites for hydroxylation is 3. The van der Waals surface area contributed by atoms with E-state index in [4.69, 9.17) is 9.26 Å². The van der Waals surface area contributed by atoms with Gasteiger partial charge in [0.1, 0.15) is 29.9 Å². The summed E-state index contributed by atoms with van der Waals surface area (Å²) in [6, 6.07) is 13.6. The van der Waals surface area contributed by atoms with E-state index in [1.54, 1.807) is 6.92 Å². The summed E-state index contributed by atoms with van der Waals surface area (Å²) in [6.07, 6.45) is -0.932. The molecule has 1 N–H and O–H groups in total. The Morgan fingerprint density at radius 3 is 2.52 bits per heavy atom. The highest BCUT2D eigenvalue weighted by atomic mass is 16.5. The van der Waals surface area contributed by atoms with Crippen LogP contribution in [0.3, 0.4) is 0 Å². The zero-order valence-corrected chi connectivity index (χ0v) is 18.0. The Bertz CT molecular complexity index is 1290. The lowest BCUT2D eigenvalue weighted by molar-refractivity contribution is 0.0875. The van der Waals surface area contributed by atoms with Gasteiger partial charge in [0.05, 0.1) is 11.9 Å². The molecule has 0 radical (unpaired) electrons. The van der Waals surface area contributed by atoms with Crippen LogP contribution in [-0.4, -0.2) is 32.8 Å². The Morgan fingerprint density at radius 2 is 1.77 bits per heavy atom. The molecule has 2 heterocycles. The van der Waals surface area contributed by atoms with Crippen molar-refractivity contribution in [2.45, 2.75) is 40.3 Å². The quantitative estimate of drug-likeness (QED) is 0.512. The molecule has 1 atom stereocenters. The Labute approximate surface area is 179 Å². The second kappa shape index (κ2) is 8.35. The largest absolute Gasteiger partial charge is 0.490 e. The molecule has 0 aliphatic heterocycles. The molecule has 4 aromatic rings. The number of hydrogen-bond donors (Lipinski definition) is 1. The lowest BCUT2D eigenvalue weighted by Crippen LogP contribution is -2.32. The average Bonchev–Trinajstić information content (AvgIpc) is 3.15. The van der Waals surface area contributed by atoms with E-state index in [2.05, 4.69) is 10.3 Å². The maximum absolute atomic E-state index is 12.9. The van der Waals surface area contributed by atoms with Crippen LogP contribution in [0, 0.1) is 27.7 Å². The SMILES string of the molecule is Cc1ccc(C)c(OCC(O)Cn2nc(-c3ccccc3)c3c(C)onc3c2=O)c1C. The van der Waals surface area contributed by atoms with Crippen molar-refractivity contribution in [3.63, 3.8) is 0 Å². The second-order valence-electron chi connectivity index (χ2n) is 7.78. The minimum atomic E-state index is -0.932. The Hall–Kier alpha value is -3.45. The molecule has 0 bridgehead atoms. The standard InChI is InChI=1S/C24H25N3O4/c1-14-10-11-15(2)23(16(14)3)30-13-19(28)12-27-24(29)22-20(17(4)31-26-22)21(25-27)18-8-6-5-7-9-18/h5-11,19,28H,12-13H2,1-4H3. The predicted molar refractivity (Wildman–Crippen MR) is 118 cm³/mol. The van der Waals surface area contributed by atoms with E-state index in [1.165, 1.54) is 4.68 Å². The highest BCUT2D eigenvalue weighted by molar-refractivity contribution is 5.92. The summed E-state index contributed by atoms with van der Waals surface area (Å²) in [5.41, 5.74) is 4.37. The third-order valence-electron chi connectivity index (χ3n) is 5.48. The maximum Gasteiger partial charge on any atom is 0.296 e. The topological polar surface area (TPSA) is 90.4 Å². The van der Waals surface area contributed by atoms with E-state index < -0.39 is 11.7 Å². The molecule has 1 unspecified atom stereocenters. The second-order valence-corrected chi connectivity index (χ2v) is 7.78. The number of aromatic nitrogens is 3. The van der Waals surface area contributed by atoms with Gasteiger partial charge in [0.15, 0.2) is 5.52 Å². The number of aliphatic hydroxyl groups is 1. The van der Waals surface area contributed by atoms with Crippen molar-refractivity contribution in [2.75, 3.05) is 6.61 Å². The van der Waals surface area contributed by atoms with Crippen molar-refractivity contribution in [3.05, 3.63) is 75.3 Å². The number of fused-ring (bicyclic) bond motifs is 1. The van der Waals surface area contributed by atoms with Crippen molar-refractivity contribution in [1.82, 2.24) is 14.9 Å². The Morgan fingerprint density at radius 1 is 1.06 bits per heavy atom. The fourth-order valence-electron chi connectivity index (χ4n) is 3.64. The van der Waals surface area contributed by atoms with E-state index in [0.29, 0.717) is 16.8 Å². The Kier molecular flexibility index (Phi) is 5.61. The van der Waals surface area contributed by atoms with E-state index in [9.17, 15) is 9.90 Å². The van der Waals surface area contributed by atoms with Gasteiger partial charge >= 0.3 is 0 Å². The number of ether oxygens (including phenoxy) is 1. The summed E-state index contributed by atoms with van der Waals surface area (Å²) in [5.74, 6) is 1.28. The fourth-order valence-corrected chi connectivity index (χ4v) is 3.64. The molecule has 7 heteroatoms. The average molecular weight is 419 g/mol. The minimum absolute atomic E-state index is 0.0234. The molecular formula is C24H25N3O4. The van der Waals surface area contributed by atoms with Crippen molar-refractivity contribution >= 4 is 10.9 Å². The van der Waals surface area contributed by atoms with E-state index in [-0.39, 0.29) is 18.7 Å².